The molecule has 1 heterocycles. The topological polar surface area (TPSA) is 107 Å². The number of aromatic hydroxyl groups is 1. The smallest absolute Gasteiger partial charge is 0.338 e. The Bertz CT molecular complexity index is 1450. The lowest BCUT2D eigenvalue weighted by Gasteiger charge is -2.10. The van der Waals surface area contributed by atoms with Crippen LogP contribution >= 0.6 is 11.3 Å². The number of hydrogen-bond donors (Lipinski definition) is 2. The zero-order chi connectivity index (χ0) is 26.4. The Kier molecular flexibility index (Phi) is 7.95. The van der Waals surface area contributed by atoms with Crippen LogP contribution in [0, 0.1) is 0 Å². The van der Waals surface area contributed by atoms with Crippen LogP contribution in [0.3, 0.4) is 0 Å². The number of aromatic nitrogens is 1. The maximum absolute atomic E-state index is 12.6. The fourth-order valence-corrected chi connectivity index (χ4v) is 4.38. The van der Waals surface area contributed by atoms with E-state index in [1.165, 1.54) is 7.11 Å². The molecule has 0 aliphatic rings. The minimum absolute atomic E-state index is 0.0960. The van der Waals surface area contributed by atoms with Crippen LogP contribution in [-0.2, 0) is 16.0 Å². The van der Waals surface area contributed by atoms with Gasteiger partial charge in [0.05, 0.1) is 31.8 Å². The molecule has 0 saturated heterocycles. The van der Waals surface area contributed by atoms with E-state index in [-0.39, 0.29) is 10.8 Å². The third-order valence-corrected chi connectivity index (χ3v) is 6.35. The highest BCUT2D eigenvalue weighted by molar-refractivity contribution is 7.09. The number of benzene rings is 3. The highest BCUT2D eigenvalue weighted by atomic mass is 32.1. The van der Waals surface area contributed by atoms with Crippen LogP contribution in [0.2, 0.25) is 0 Å². The first-order valence-corrected chi connectivity index (χ1v) is 12.0. The highest BCUT2D eigenvalue weighted by Gasteiger charge is 2.14. The molecule has 0 amide bonds. The lowest BCUT2D eigenvalue weighted by Crippen LogP contribution is -2.04. The fraction of sp³-hybridized carbons (Fsp3) is 0.143. The van der Waals surface area contributed by atoms with Crippen molar-refractivity contribution >= 4 is 29.0 Å². The average Bonchev–Trinajstić information content (AvgIpc) is 3.24. The first kappa shape index (κ1) is 25.6. The van der Waals surface area contributed by atoms with Crippen LogP contribution in [0.15, 0.2) is 71.5 Å². The molecule has 4 aromatic rings. The minimum atomic E-state index is -0.482. The van der Waals surface area contributed by atoms with Gasteiger partial charge in [0, 0.05) is 12.5 Å². The molecule has 4 rings (SSSR count). The Labute approximate surface area is 217 Å². The Morgan fingerprint density at radius 2 is 1.49 bits per heavy atom. The third kappa shape index (κ3) is 6.39. The summed E-state index contributed by atoms with van der Waals surface area (Å²) >= 11 is 0.985. The first-order chi connectivity index (χ1) is 17.9. The molecule has 0 spiro atoms. The summed E-state index contributed by atoms with van der Waals surface area (Å²) < 4.78 is 21.6. The van der Waals surface area contributed by atoms with Gasteiger partial charge in [0.1, 0.15) is 23.0 Å². The second kappa shape index (κ2) is 11.5. The molecule has 0 atom stereocenters. The molecule has 9 heteroatoms. The van der Waals surface area contributed by atoms with Gasteiger partial charge in [-0.1, -0.05) is 35.6 Å². The Morgan fingerprint density at radius 1 is 0.892 bits per heavy atom. The number of methoxy groups -OCH3 is 3. The van der Waals surface area contributed by atoms with Crippen molar-refractivity contribution in [1.29, 1.82) is 0 Å². The number of carbonyl (C=O) groups excluding carboxylic acids is 1. The van der Waals surface area contributed by atoms with Crippen LogP contribution in [0.5, 0.6) is 28.9 Å². The van der Waals surface area contributed by atoms with Gasteiger partial charge in [-0.3, -0.25) is 9.78 Å². The van der Waals surface area contributed by atoms with Crippen LogP contribution in [0.4, 0.5) is 0 Å². The molecule has 8 nitrogen and oxygen atoms in total. The Balaban J connectivity index is 1.51. The molecule has 0 aliphatic heterocycles. The number of thiazole rings is 1. The van der Waals surface area contributed by atoms with Crippen molar-refractivity contribution in [1.82, 2.24) is 4.98 Å². The van der Waals surface area contributed by atoms with Crippen molar-refractivity contribution in [2.45, 2.75) is 6.42 Å². The monoisotopic (exact) mass is 519 g/mol. The normalized spacial score (nSPS) is 11.2. The summed E-state index contributed by atoms with van der Waals surface area (Å²) in [6.45, 7) is 0. The van der Waals surface area contributed by atoms with E-state index in [4.69, 9.17) is 18.9 Å². The molecule has 37 heavy (non-hydrogen) atoms. The highest BCUT2D eigenvalue weighted by Crippen LogP contribution is 2.29. The third-order valence-electron chi connectivity index (χ3n) is 5.48. The molecule has 190 valence electrons. The van der Waals surface area contributed by atoms with Gasteiger partial charge < -0.3 is 24.1 Å². The zero-order valence-corrected chi connectivity index (χ0v) is 21.3. The van der Waals surface area contributed by atoms with E-state index in [0.29, 0.717) is 45.4 Å². The summed E-state index contributed by atoms with van der Waals surface area (Å²) in [6.07, 6.45) is 2.15. The summed E-state index contributed by atoms with van der Waals surface area (Å²) in [7, 11) is 4.46. The van der Waals surface area contributed by atoms with Gasteiger partial charge in [0.15, 0.2) is 0 Å². The van der Waals surface area contributed by atoms with Gasteiger partial charge in [0.2, 0.25) is 5.88 Å². The van der Waals surface area contributed by atoms with E-state index < -0.39 is 5.97 Å². The summed E-state index contributed by atoms with van der Waals surface area (Å²) in [5.41, 5.74) is 2.66. The van der Waals surface area contributed by atoms with E-state index in [2.05, 4.69) is 4.98 Å². The van der Waals surface area contributed by atoms with Crippen molar-refractivity contribution in [2.24, 2.45) is 0 Å². The quantitative estimate of drug-likeness (QED) is 0.177. The van der Waals surface area contributed by atoms with Gasteiger partial charge >= 0.3 is 10.8 Å². The van der Waals surface area contributed by atoms with Crippen molar-refractivity contribution in [2.75, 3.05) is 21.3 Å². The van der Waals surface area contributed by atoms with E-state index >= 15 is 0 Å². The molecule has 0 aliphatic carbocycles. The van der Waals surface area contributed by atoms with E-state index in [9.17, 15) is 14.7 Å². The Morgan fingerprint density at radius 3 is 2.00 bits per heavy atom. The molecule has 0 unspecified atom stereocenters. The zero-order valence-electron chi connectivity index (χ0n) is 20.4. The molecule has 1 aromatic heterocycles. The van der Waals surface area contributed by atoms with Crippen LogP contribution in [-0.4, -0.2) is 37.4 Å². The molecule has 0 saturated carbocycles. The lowest BCUT2D eigenvalue weighted by molar-refractivity contribution is -0.133. The number of rotatable bonds is 9. The minimum Gasteiger partial charge on any atom is -0.497 e. The number of ether oxygens (including phenoxy) is 4. The van der Waals surface area contributed by atoms with Crippen LogP contribution in [0.25, 0.3) is 11.6 Å². The number of aromatic amines is 1. The van der Waals surface area contributed by atoms with Gasteiger partial charge in [0.25, 0.3) is 0 Å². The van der Waals surface area contributed by atoms with E-state index in [1.54, 1.807) is 62.8 Å². The van der Waals surface area contributed by atoms with Gasteiger partial charge in [-0.2, -0.15) is 0 Å². The second-order valence-corrected chi connectivity index (χ2v) is 9.00. The lowest BCUT2D eigenvalue weighted by atomic mass is 10.0. The van der Waals surface area contributed by atoms with Crippen molar-refractivity contribution in [3.63, 3.8) is 0 Å². The van der Waals surface area contributed by atoms with Crippen molar-refractivity contribution in [3.8, 4) is 28.9 Å². The molecule has 0 fully saturated rings. The largest absolute Gasteiger partial charge is 0.497 e. The standard InChI is InChI=1S/C28H25NO7S/c1-33-22-12-18(13-23(16-22)34-2)14-24(27(31)35-3)19-6-10-21(11-7-19)36-20-8-4-17(5-9-20)15-25-26(30)29-28(32)37-25/h4-14,16,30H,15H2,1-3H3,(H,29,32). The van der Waals surface area contributed by atoms with Crippen molar-refractivity contribution < 1.29 is 28.8 Å². The molecule has 0 bridgehead atoms. The SMILES string of the molecule is COC(=O)C(=Cc1cc(OC)cc(OC)c1)c1ccc(Oc2ccc(Cc3sc(=O)[nH]c3O)cc2)cc1. The number of carbonyl (C=O) groups is 1. The maximum atomic E-state index is 12.6. The number of nitrogens with one attached hydrogen (secondary N) is 1. The first-order valence-electron chi connectivity index (χ1n) is 11.2. The van der Waals surface area contributed by atoms with Gasteiger partial charge in [-0.25, -0.2) is 4.79 Å². The predicted molar refractivity (Wildman–Crippen MR) is 142 cm³/mol. The number of hydrogen-bond acceptors (Lipinski definition) is 8. The molecule has 0 radical (unpaired) electrons. The second-order valence-electron chi connectivity index (χ2n) is 7.93. The summed E-state index contributed by atoms with van der Waals surface area (Å²) in [6, 6.07) is 19.8. The maximum Gasteiger partial charge on any atom is 0.338 e. The van der Waals surface area contributed by atoms with Crippen molar-refractivity contribution in [3.05, 3.63) is 98.0 Å². The summed E-state index contributed by atoms with van der Waals surface area (Å²) in [4.78, 5) is 26.6. The summed E-state index contributed by atoms with van der Waals surface area (Å²) in [5, 5.41) is 9.77. The predicted octanol–water partition coefficient (Wildman–Crippen LogP) is 5.26. The van der Waals surface area contributed by atoms with Gasteiger partial charge in [-0.05, 0) is 59.2 Å². The van der Waals surface area contributed by atoms with Crippen LogP contribution < -0.4 is 19.1 Å². The number of H-pyrrole nitrogens is 1. The van der Waals surface area contributed by atoms with E-state index in [0.717, 1.165) is 22.5 Å². The Hall–Kier alpha value is -4.50. The molecular weight excluding hydrogens is 494 g/mol. The fourth-order valence-electron chi connectivity index (χ4n) is 3.62. The summed E-state index contributed by atoms with van der Waals surface area (Å²) in [5.74, 6) is 1.84. The molecule has 2 N–H and O–H groups in total. The van der Waals surface area contributed by atoms with Gasteiger partial charge in [-0.15, -0.1) is 0 Å². The molecular formula is C28H25NO7S. The average molecular weight is 520 g/mol. The van der Waals surface area contributed by atoms with Crippen LogP contribution in [0.1, 0.15) is 21.6 Å². The number of esters is 1. The van der Waals surface area contributed by atoms with E-state index in [1.807, 2.05) is 24.3 Å². The molecule has 3 aromatic carbocycles.